The molecule has 1 saturated carbocycles. The van der Waals surface area contributed by atoms with Gasteiger partial charge in [-0.3, -0.25) is 14.5 Å². The van der Waals surface area contributed by atoms with Crippen LogP contribution in [0.15, 0.2) is 11.0 Å². The van der Waals surface area contributed by atoms with Gasteiger partial charge in [0.1, 0.15) is 0 Å². The third kappa shape index (κ3) is 3.14. The minimum atomic E-state index is -0.175. The van der Waals surface area contributed by atoms with E-state index in [1.54, 1.807) is 6.20 Å². The molecule has 2 aliphatic heterocycles. The lowest BCUT2D eigenvalue weighted by Gasteiger charge is -2.39. The number of aromatic nitrogens is 1. The molecule has 3 fully saturated rings. The van der Waals surface area contributed by atoms with Crippen LogP contribution in [0.5, 0.6) is 0 Å². The quantitative estimate of drug-likeness (QED) is 0.912. The summed E-state index contributed by atoms with van der Waals surface area (Å²) in [5, 5.41) is 0. The highest BCUT2D eigenvalue weighted by Gasteiger charge is 2.48. The molecule has 1 aromatic rings. The monoisotopic (exact) mass is 343 g/mol. The Labute approximate surface area is 149 Å². The van der Waals surface area contributed by atoms with E-state index < -0.39 is 0 Å². The van der Waals surface area contributed by atoms with E-state index in [9.17, 15) is 9.59 Å². The van der Waals surface area contributed by atoms with Gasteiger partial charge in [-0.25, -0.2) is 0 Å². The third-order valence-electron chi connectivity index (χ3n) is 6.43. The number of nitrogens with zero attached hydrogens (tertiary/aromatic N) is 2. The van der Waals surface area contributed by atoms with Crippen molar-refractivity contribution in [2.45, 2.75) is 52.5 Å². The van der Waals surface area contributed by atoms with Crippen molar-refractivity contribution >= 4 is 5.91 Å². The van der Waals surface area contributed by atoms with Crippen LogP contribution in [0, 0.1) is 25.2 Å². The van der Waals surface area contributed by atoms with Crippen molar-refractivity contribution in [2.75, 3.05) is 26.2 Å². The minimum absolute atomic E-state index is 0.131. The maximum absolute atomic E-state index is 13.1. The van der Waals surface area contributed by atoms with Crippen LogP contribution in [0.1, 0.15) is 48.9 Å². The first-order valence-electron chi connectivity index (χ1n) is 9.68. The summed E-state index contributed by atoms with van der Waals surface area (Å²) in [6.07, 6.45) is 7.51. The normalized spacial score (nSPS) is 27.4. The van der Waals surface area contributed by atoms with Gasteiger partial charge in [-0.15, -0.1) is 0 Å². The molecule has 25 heavy (non-hydrogen) atoms. The Bertz CT molecular complexity index is 737. The largest absolute Gasteiger partial charge is 0.363 e. The van der Waals surface area contributed by atoms with Gasteiger partial charge in [-0.1, -0.05) is 0 Å². The molecule has 136 valence electrons. The predicted octanol–water partition coefficient (Wildman–Crippen LogP) is 2.22. The molecule has 2 saturated heterocycles. The van der Waals surface area contributed by atoms with Crippen LogP contribution >= 0.6 is 0 Å². The van der Waals surface area contributed by atoms with Crippen LogP contribution in [0.4, 0.5) is 0 Å². The summed E-state index contributed by atoms with van der Waals surface area (Å²) in [6.45, 7) is 8.18. The first-order chi connectivity index (χ1) is 12.0. The number of nitrogens with one attached hydrogen (secondary N) is 1. The number of aromatic amines is 1. The van der Waals surface area contributed by atoms with Gasteiger partial charge >= 0.3 is 0 Å². The number of carbonyl (C=O) groups is 1. The topological polar surface area (TPSA) is 56.4 Å². The Kier molecular flexibility index (Phi) is 4.22. The highest BCUT2D eigenvalue weighted by Crippen LogP contribution is 2.42. The van der Waals surface area contributed by atoms with Crippen LogP contribution in [-0.4, -0.2) is 46.9 Å². The number of hydrogen-bond acceptors (Lipinski definition) is 3. The Balaban J connectivity index is 1.46. The lowest BCUT2D eigenvalue weighted by Crippen LogP contribution is -2.50. The summed E-state index contributed by atoms with van der Waals surface area (Å²) in [6, 6.07) is 0. The van der Waals surface area contributed by atoms with Gasteiger partial charge in [-0.05, 0) is 58.4 Å². The summed E-state index contributed by atoms with van der Waals surface area (Å²) < 4.78 is 0. The predicted molar refractivity (Wildman–Crippen MR) is 97.4 cm³/mol. The van der Waals surface area contributed by atoms with E-state index in [0.717, 1.165) is 74.7 Å². The van der Waals surface area contributed by atoms with Crippen LogP contribution in [0.2, 0.25) is 0 Å². The second kappa shape index (κ2) is 6.27. The molecule has 1 aliphatic carbocycles. The van der Waals surface area contributed by atoms with Crippen molar-refractivity contribution in [1.29, 1.82) is 0 Å². The number of H-pyrrole nitrogens is 1. The highest BCUT2D eigenvalue weighted by molar-refractivity contribution is 5.84. The van der Waals surface area contributed by atoms with Crippen LogP contribution in [0.3, 0.4) is 0 Å². The first-order valence-corrected chi connectivity index (χ1v) is 9.68. The van der Waals surface area contributed by atoms with E-state index in [1.807, 2.05) is 13.8 Å². The van der Waals surface area contributed by atoms with Gasteiger partial charge in [0.2, 0.25) is 5.91 Å². The molecule has 1 amide bonds. The van der Waals surface area contributed by atoms with E-state index in [2.05, 4.69) is 14.8 Å². The van der Waals surface area contributed by atoms with Crippen molar-refractivity contribution in [3.63, 3.8) is 0 Å². The van der Waals surface area contributed by atoms with Crippen molar-refractivity contribution in [2.24, 2.45) is 11.3 Å². The Morgan fingerprint density at radius 1 is 1.20 bits per heavy atom. The Morgan fingerprint density at radius 2 is 2.00 bits per heavy atom. The Hall–Kier alpha value is -1.62. The molecule has 3 aliphatic rings. The number of hydrogen-bond donors (Lipinski definition) is 1. The summed E-state index contributed by atoms with van der Waals surface area (Å²) >= 11 is 0. The fourth-order valence-electron chi connectivity index (χ4n) is 4.60. The third-order valence-corrected chi connectivity index (χ3v) is 6.43. The van der Waals surface area contributed by atoms with Crippen molar-refractivity contribution < 1.29 is 4.79 Å². The van der Waals surface area contributed by atoms with Gasteiger partial charge in [-0.2, -0.15) is 0 Å². The maximum Gasteiger partial charge on any atom is 0.230 e. The van der Waals surface area contributed by atoms with E-state index in [0.29, 0.717) is 5.91 Å². The number of carbonyl (C=O) groups excluding carboxylic acids is 1. The molecule has 1 aromatic heterocycles. The number of amides is 1. The molecule has 1 N–H and O–H groups in total. The average Bonchev–Trinajstić information content (AvgIpc) is 3.33. The SMILES string of the molecule is Cc1c[nH]c(CN2CC[C@]3(CCCN(CC4CC4)C3=O)C2)c(C)c1=O. The molecule has 5 nitrogen and oxygen atoms in total. The van der Waals surface area contributed by atoms with E-state index in [4.69, 9.17) is 0 Å². The highest BCUT2D eigenvalue weighted by atomic mass is 16.2. The maximum atomic E-state index is 13.1. The van der Waals surface area contributed by atoms with Crippen molar-refractivity contribution in [3.05, 3.63) is 33.2 Å². The zero-order chi connectivity index (χ0) is 17.6. The summed E-state index contributed by atoms with van der Waals surface area (Å²) in [5.74, 6) is 1.15. The number of likely N-dealkylation sites (tertiary alicyclic amines) is 2. The average molecular weight is 343 g/mol. The molecular formula is C20H29N3O2. The summed E-state index contributed by atoms with van der Waals surface area (Å²) in [4.78, 5) is 33.1. The summed E-state index contributed by atoms with van der Waals surface area (Å²) in [5.41, 5.74) is 2.52. The van der Waals surface area contributed by atoms with Gasteiger partial charge < -0.3 is 9.88 Å². The fourth-order valence-corrected chi connectivity index (χ4v) is 4.60. The van der Waals surface area contributed by atoms with Crippen LogP contribution < -0.4 is 5.43 Å². The molecule has 3 heterocycles. The van der Waals surface area contributed by atoms with Gasteiger partial charge in [0.15, 0.2) is 5.43 Å². The molecule has 0 radical (unpaired) electrons. The second-order valence-corrected chi connectivity index (χ2v) is 8.44. The number of rotatable bonds is 4. The lowest BCUT2D eigenvalue weighted by molar-refractivity contribution is -0.145. The van der Waals surface area contributed by atoms with Gasteiger partial charge in [0.05, 0.1) is 5.41 Å². The van der Waals surface area contributed by atoms with E-state index in [-0.39, 0.29) is 10.8 Å². The zero-order valence-corrected chi connectivity index (χ0v) is 15.4. The molecular weight excluding hydrogens is 314 g/mol. The van der Waals surface area contributed by atoms with Gasteiger partial charge in [0, 0.05) is 49.2 Å². The standard InChI is InChI=1S/C20H29N3O2/c1-14-10-21-17(15(2)18(14)24)12-22-9-7-20(13-22)6-3-8-23(19(20)25)11-16-4-5-16/h10,16H,3-9,11-13H2,1-2H3,(H,21,24)/t20-/m1/s1. The number of pyridine rings is 1. The molecule has 1 atom stereocenters. The first kappa shape index (κ1) is 16.8. The molecule has 1 spiro atoms. The molecule has 0 bridgehead atoms. The van der Waals surface area contributed by atoms with E-state index in [1.165, 1.54) is 12.8 Å². The molecule has 0 unspecified atom stereocenters. The van der Waals surface area contributed by atoms with E-state index >= 15 is 0 Å². The van der Waals surface area contributed by atoms with Crippen LogP contribution in [0.25, 0.3) is 0 Å². The van der Waals surface area contributed by atoms with Gasteiger partial charge in [0.25, 0.3) is 0 Å². The van der Waals surface area contributed by atoms with Crippen molar-refractivity contribution in [1.82, 2.24) is 14.8 Å². The molecule has 0 aromatic carbocycles. The Morgan fingerprint density at radius 3 is 2.76 bits per heavy atom. The number of aryl methyl sites for hydroxylation is 1. The van der Waals surface area contributed by atoms with Crippen molar-refractivity contribution in [3.8, 4) is 0 Å². The second-order valence-electron chi connectivity index (χ2n) is 8.44. The minimum Gasteiger partial charge on any atom is -0.363 e. The summed E-state index contributed by atoms with van der Waals surface area (Å²) in [7, 11) is 0. The number of piperidine rings is 1. The smallest absolute Gasteiger partial charge is 0.230 e. The lowest BCUT2D eigenvalue weighted by atomic mass is 9.78. The zero-order valence-electron chi connectivity index (χ0n) is 15.4. The van der Waals surface area contributed by atoms with Crippen LogP contribution in [-0.2, 0) is 11.3 Å². The molecule has 4 rings (SSSR count). The fraction of sp³-hybridized carbons (Fsp3) is 0.700. The molecule has 5 heteroatoms.